The number of nitrogens with zero attached hydrogens (tertiary/aromatic N) is 4. The molecule has 1 aliphatic heterocycles. The highest BCUT2D eigenvalue weighted by Crippen LogP contribution is 2.30. The number of cyclic esters (lactones) is 1. The Morgan fingerprint density at radius 1 is 0.803 bits per heavy atom. The van der Waals surface area contributed by atoms with E-state index in [-0.39, 0.29) is 62.2 Å². The van der Waals surface area contributed by atoms with Crippen LogP contribution in [0.15, 0.2) is 0 Å². The molecule has 0 spiro atoms. The number of nitrogens with one attached hydrogen (secondary N) is 3. The predicted molar refractivity (Wildman–Crippen MR) is 234 cm³/mol. The summed E-state index contributed by atoms with van der Waals surface area (Å²) in [5.74, 6) is -3.75. The predicted octanol–water partition coefficient (Wildman–Crippen LogP) is 5.25. The van der Waals surface area contributed by atoms with E-state index in [4.69, 9.17) is 4.74 Å². The van der Waals surface area contributed by atoms with Gasteiger partial charge in [-0.3, -0.25) is 34.1 Å². The van der Waals surface area contributed by atoms with Crippen molar-refractivity contribution in [2.75, 3.05) is 21.1 Å². The Labute approximate surface area is 366 Å². The maximum absolute atomic E-state index is 15.0. The Hall–Kier alpha value is -4.06. The van der Waals surface area contributed by atoms with Gasteiger partial charge in [0.25, 0.3) is 5.91 Å². The molecule has 1 aliphatic carbocycles. The van der Waals surface area contributed by atoms with Crippen molar-refractivity contribution >= 4 is 41.8 Å². The first-order chi connectivity index (χ1) is 28.8. The van der Waals surface area contributed by atoms with E-state index in [2.05, 4.69) is 22.9 Å². The van der Waals surface area contributed by atoms with Gasteiger partial charge >= 0.3 is 5.97 Å². The molecular weight excluding hydrogens is 779 g/mol. The van der Waals surface area contributed by atoms with Crippen LogP contribution < -0.4 is 16.0 Å². The van der Waals surface area contributed by atoms with Gasteiger partial charge in [0, 0.05) is 34.0 Å². The second kappa shape index (κ2) is 25.8. The number of rotatable bonds is 16. The second-order valence-electron chi connectivity index (χ2n) is 18.7. The zero-order chi connectivity index (χ0) is 46.0. The van der Waals surface area contributed by atoms with Gasteiger partial charge in [-0.05, 0) is 62.7 Å². The maximum Gasteiger partial charge on any atom is 0.329 e. The third-order valence-corrected chi connectivity index (χ3v) is 12.5. The molecule has 61 heavy (non-hydrogen) atoms. The number of aldehydes is 1. The highest BCUT2D eigenvalue weighted by molar-refractivity contribution is 5.96. The van der Waals surface area contributed by atoms with Gasteiger partial charge in [-0.1, -0.05) is 106 Å². The van der Waals surface area contributed by atoms with Crippen LogP contribution in [0, 0.1) is 35.0 Å². The van der Waals surface area contributed by atoms with Gasteiger partial charge in [0.15, 0.2) is 18.1 Å². The molecule has 5 amide bonds. The standard InChI is InChI=1S/C46H79N7O8/c1-12-14-20-32(7)26-36-42(57)51(9)33(8)45(60)61-39(23-18-24-47)41(56)48-35(19-13-2)44(59)53(11)46(29-54,28-31(5)6)50-37(25-30(3)4)43(58)52(10)38(40(55)49-36)27-34-21-16-15-17-22-34/h29-39,50H,12-23,25-28H2,1-11H3,(H,48,56)(H,49,55)/t32?,33?,35?,36-,37?,38?,39?,46?/m0/s1. The molecule has 1 heterocycles. The van der Waals surface area contributed by atoms with Crippen molar-refractivity contribution in [3.63, 3.8) is 0 Å². The van der Waals surface area contributed by atoms with Gasteiger partial charge in [0.2, 0.25) is 23.6 Å². The molecule has 15 nitrogen and oxygen atoms in total. The van der Waals surface area contributed by atoms with Crippen LogP contribution in [0.2, 0.25) is 0 Å². The number of esters is 1. The summed E-state index contributed by atoms with van der Waals surface area (Å²) in [5.41, 5.74) is -1.71. The van der Waals surface area contributed by atoms with Gasteiger partial charge in [-0.2, -0.15) is 5.26 Å². The topological polar surface area (TPSA) is 198 Å². The Balaban J connectivity index is 2.91. The summed E-state index contributed by atoms with van der Waals surface area (Å²) in [7, 11) is 4.51. The highest BCUT2D eigenvalue weighted by atomic mass is 16.5. The fraction of sp³-hybridized carbons (Fsp3) is 0.826. The van der Waals surface area contributed by atoms with Crippen LogP contribution in [0.3, 0.4) is 0 Å². The molecule has 2 aliphatic rings. The molecule has 0 aromatic carbocycles. The van der Waals surface area contributed by atoms with E-state index in [0.717, 1.165) is 51.4 Å². The molecule has 1 saturated carbocycles. The number of amides is 5. The minimum atomic E-state index is -1.71. The summed E-state index contributed by atoms with van der Waals surface area (Å²) in [5, 5.41) is 18.5. The quantitative estimate of drug-likeness (QED) is 0.136. The monoisotopic (exact) mass is 858 g/mol. The van der Waals surface area contributed by atoms with E-state index < -0.39 is 77.5 Å². The van der Waals surface area contributed by atoms with Crippen molar-refractivity contribution in [1.29, 1.82) is 5.26 Å². The lowest BCUT2D eigenvalue weighted by Crippen LogP contribution is -2.69. The molecule has 0 aromatic rings. The number of likely N-dealkylation sites (N-methyl/N-ethyl adjacent to an activating group) is 3. The van der Waals surface area contributed by atoms with Crippen molar-refractivity contribution in [2.24, 2.45) is 23.7 Å². The van der Waals surface area contributed by atoms with Crippen molar-refractivity contribution < 1.29 is 38.3 Å². The molecule has 0 aromatic heterocycles. The summed E-state index contributed by atoms with van der Waals surface area (Å²) in [6.07, 6.45) is 8.15. The fourth-order valence-electron chi connectivity index (χ4n) is 8.73. The number of unbranched alkanes of at least 4 members (excludes halogenated alkanes) is 1. The van der Waals surface area contributed by atoms with Crippen LogP contribution in [-0.2, 0) is 38.3 Å². The normalized spacial score (nSPS) is 28.0. The van der Waals surface area contributed by atoms with Crippen LogP contribution in [-0.4, -0.2) is 120 Å². The number of carbonyl (C=O) groups excluding carboxylic acids is 7. The largest absolute Gasteiger partial charge is 0.451 e. The number of hydrogen-bond donors (Lipinski definition) is 3. The van der Waals surface area contributed by atoms with Gasteiger partial charge in [0.1, 0.15) is 24.2 Å². The Morgan fingerprint density at radius 3 is 1.98 bits per heavy atom. The average Bonchev–Trinajstić information content (AvgIpc) is 3.22. The number of carbonyl (C=O) groups is 7. The number of hydrogen-bond acceptors (Lipinski definition) is 10. The summed E-state index contributed by atoms with van der Waals surface area (Å²) >= 11 is 0. The van der Waals surface area contributed by atoms with Crippen LogP contribution in [0.4, 0.5) is 0 Å². The van der Waals surface area contributed by atoms with Crippen LogP contribution in [0.5, 0.6) is 0 Å². The summed E-state index contributed by atoms with van der Waals surface area (Å²) in [6, 6.07) is -3.41. The SMILES string of the molecule is CCCCC(C)C[C@@H]1NC(=O)C(CC2CCCCC2)N(C)C(=O)C(CC(C)C)NC(C=O)(CC(C)C)N(C)C(=O)C(CCC)NC(=O)C(CCC#N)OC(=O)C(C)N(C)C1=O. The lowest BCUT2D eigenvalue weighted by molar-refractivity contribution is -0.164. The smallest absolute Gasteiger partial charge is 0.329 e. The van der Waals surface area contributed by atoms with E-state index in [0.29, 0.717) is 19.1 Å². The molecular formula is C46H79N7O8. The summed E-state index contributed by atoms with van der Waals surface area (Å²) < 4.78 is 5.73. The molecule has 346 valence electrons. The van der Waals surface area contributed by atoms with Crippen LogP contribution >= 0.6 is 0 Å². The minimum Gasteiger partial charge on any atom is -0.451 e. The first-order valence-corrected chi connectivity index (χ1v) is 23.0. The minimum absolute atomic E-state index is 0.0263. The maximum atomic E-state index is 15.0. The van der Waals surface area contributed by atoms with Crippen molar-refractivity contribution in [1.82, 2.24) is 30.7 Å². The van der Waals surface area contributed by atoms with Gasteiger partial charge < -0.3 is 30.1 Å². The van der Waals surface area contributed by atoms with E-state index in [1.54, 1.807) is 7.05 Å². The first kappa shape index (κ1) is 53.1. The average molecular weight is 858 g/mol. The van der Waals surface area contributed by atoms with Gasteiger partial charge in [-0.15, -0.1) is 0 Å². The van der Waals surface area contributed by atoms with Crippen LogP contribution in [0.1, 0.15) is 158 Å². The van der Waals surface area contributed by atoms with Gasteiger partial charge in [0.05, 0.1) is 12.1 Å². The third-order valence-electron chi connectivity index (χ3n) is 12.5. The zero-order valence-electron chi connectivity index (χ0n) is 39.2. The van der Waals surface area contributed by atoms with E-state index in [1.807, 2.05) is 47.6 Å². The molecule has 2 fully saturated rings. The Kier molecular flexibility index (Phi) is 22.4. The molecule has 2 rings (SSSR count). The zero-order valence-corrected chi connectivity index (χ0v) is 39.2. The molecule has 0 bridgehead atoms. The molecule has 0 radical (unpaired) electrons. The molecule has 1 saturated heterocycles. The van der Waals surface area contributed by atoms with Crippen molar-refractivity contribution in [2.45, 2.75) is 200 Å². The Morgan fingerprint density at radius 2 is 1.43 bits per heavy atom. The van der Waals surface area contributed by atoms with Crippen molar-refractivity contribution in [3.05, 3.63) is 0 Å². The van der Waals surface area contributed by atoms with Crippen LogP contribution in [0.25, 0.3) is 0 Å². The molecule has 15 heteroatoms. The third kappa shape index (κ3) is 15.7. The Bertz CT molecular complexity index is 1510. The van der Waals surface area contributed by atoms with Gasteiger partial charge in [-0.25, -0.2) is 4.79 Å². The lowest BCUT2D eigenvalue weighted by Gasteiger charge is -2.44. The van der Waals surface area contributed by atoms with E-state index in [9.17, 15) is 38.8 Å². The van der Waals surface area contributed by atoms with E-state index in [1.165, 1.54) is 35.7 Å². The van der Waals surface area contributed by atoms with Crippen molar-refractivity contribution in [3.8, 4) is 6.07 Å². The fourth-order valence-corrected chi connectivity index (χ4v) is 8.73. The highest BCUT2D eigenvalue weighted by Gasteiger charge is 2.45. The first-order valence-electron chi connectivity index (χ1n) is 23.0. The number of nitriles is 1. The number of ether oxygens (including phenoxy) is 1. The lowest BCUT2D eigenvalue weighted by atomic mass is 9.84. The molecule has 8 atom stereocenters. The molecule has 7 unspecified atom stereocenters. The second-order valence-corrected chi connectivity index (χ2v) is 18.7. The van der Waals surface area contributed by atoms with E-state index >= 15 is 0 Å². The summed E-state index contributed by atoms with van der Waals surface area (Å²) in [4.78, 5) is 104. The summed E-state index contributed by atoms with van der Waals surface area (Å²) in [6.45, 7) is 15.1. The molecule has 3 N–H and O–H groups in total.